The molecule has 0 aliphatic rings. The predicted molar refractivity (Wildman–Crippen MR) is 51.7 cm³/mol. The Bertz CT molecular complexity index is 510. The van der Waals surface area contributed by atoms with Crippen LogP contribution >= 0.6 is 11.6 Å². The molecule has 0 aliphatic carbocycles. The molecule has 0 atom stereocenters. The van der Waals surface area contributed by atoms with Gasteiger partial charge >= 0.3 is 11.9 Å². The van der Waals surface area contributed by atoms with Crippen LogP contribution in [-0.2, 0) is 0 Å². The van der Waals surface area contributed by atoms with Crippen molar-refractivity contribution in [2.24, 2.45) is 0 Å². The highest BCUT2D eigenvalue weighted by Gasteiger charge is 2.14. The van der Waals surface area contributed by atoms with Gasteiger partial charge in [-0.15, -0.1) is 0 Å². The fraction of sp³-hybridized carbons (Fsp3) is 0. The number of halogens is 1. The van der Waals surface area contributed by atoms with Crippen LogP contribution in [0, 0.1) is 0 Å². The third-order valence-electron chi connectivity index (χ3n) is 1.69. The molecule has 1 aromatic heterocycles. The van der Waals surface area contributed by atoms with Crippen molar-refractivity contribution in [1.29, 1.82) is 0 Å². The number of carbonyl (C=O) groups is 1. The van der Waals surface area contributed by atoms with Gasteiger partial charge in [-0.1, -0.05) is 28.9 Å². The van der Waals surface area contributed by atoms with Gasteiger partial charge in [-0.25, -0.2) is 4.79 Å². The molecule has 1 aromatic carbocycles. The van der Waals surface area contributed by atoms with E-state index in [-0.39, 0.29) is 5.82 Å². The second kappa shape index (κ2) is 3.70. The van der Waals surface area contributed by atoms with Crippen molar-refractivity contribution in [3.63, 3.8) is 0 Å². The van der Waals surface area contributed by atoms with Crippen LogP contribution in [0.15, 0.2) is 28.8 Å². The number of hydrogen-bond acceptors (Lipinski definition) is 4. The Labute approximate surface area is 89.3 Å². The average molecular weight is 225 g/mol. The molecular formula is C9H5ClN2O3. The van der Waals surface area contributed by atoms with Gasteiger partial charge < -0.3 is 9.63 Å². The van der Waals surface area contributed by atoms with E-state index in [0.717, 1.165) is 0 Å². The summed E-state index contributed by atoms with van der Waals surface area (Å²) in [6, 6.07) is 6.75. The van der Waals surface area contributed by atoms with Gasteiger partial charge in [-0.05, 0) is 12.1 Å². The van der Waals surface area contributed by atoms with Crippen molar-refractivity contribution in [3.8, 4) is 11.4 Å². The number of aromatic carboxylic acids is 1. The summed E-state index contributed by atoms with van der Waals surface area (Å²) in [6.07, 6.45) is 0. The maximum absolute atomic E-state index is 10.5. The van der Waals surface area contributed by atoms with Crippen LogP contribution in [0.1, 0.15) is 10.7 Å². The van der Waals surface area contributed by atoms with Crippen LogP contribution in [0.3, 0.4) is 0 Å². The van der Waals surface area contributed by atoms with Crippen molar-refractivity contribution in [1.82, 2.24) is 10.1 Å². The van der Waals surface area contributed by atoms with Gasteiger partial charge in [0.2, 0.25) is 5.82 Å². The summed E-state index contributed by atoms with van der Waals surface area (Å²) in [4.78, 5) is 14.2. The van der Waals surface area contributed by atoms with Crippen molar-refractivity contribution in [3.05, 3.63) is 35.2 Å². The third-order valence-corrected chi connectivity index (χ3v) is 1.93. The molecule has 0 spiro atoms. The van der Waals surface area contributed by atoms with Crippen LogP contribution in [0.2, 0.25) is 5.02 Å². The monoisotopic (exact) mass is 224 g/mol. The van der Waals surface area contributed by atoms with Crippen LogP contribution in [-0.4, -0.2) is 21.2 Å². The van der Waals surface area contributed by atoms with Gasteiger partial charge in [-0.2, -0.15) is 4.98 Å². The molecule has 2 aromatic rings. The summed E-state index contributed by atoms with van der Waals surface area (Å²) in [5.41, 5.74) is 0.610. The largest absolute Gasteiger partial charge is 0.474 e. The van der Waals surface area contributed by atoms with Gasteiger partial charge in [0.15, 0.2) is 0 Å². The van der Waals surface area contributed by atoms with Gasteiger partial charge in [0.1, 0.15) is 0 Å². The first-order valence-electron chi connectivity index (χ1n) is 4.00. The number of carboxylic acid groups (broad SMARTS) is 1. The lowest BCUT2D eigenvalue weighted by Crippen LogP contribution is -1.95. The summed E-state index contributed by atoms with van der Waals surface area (Å²) in [5.74, 6) is -1.49. The highest BCUT2D eigenvalue weighted by molar-refractivity contribution is 6.30. The van der Waals surface area contributed by atoms with E-state index in [9.17, 15) is 4.79 Å². The van der Waals surface area contributed by atoms with Crippen molar-refractivity contribution < 1.29 is 14.4 Å². The lowest BCUT2D eigenvalue weighted by Gasteiger charge is -1.93. The molecule has 0 unspecified atom stereocenters. The molecule has 76 valence electrons. The van der Waals surface area contributed by atoms with Crippen molar-refractivity contribution >= 4 is 17.6 Å². The molecule has 0 saturated carbocycles. The first-order valence-corrected chi connectivity index (χ1v) is 4.37. The van der Waals surface area contributed by atoms with Crippen LogP contribution < -0.4 is 0 Å². The summed E-state index contributed by atoms with van der Waals surface area (Å²) in [7, 11) is 0. The van der Waals surface area contributed by atoms with E-state index < -0.39 is 11.9 Å². The van der Waals surface area contributed by atoms with E-state index in [0.29, 0.717) is 10.6 Å². The lowest BCUT2D eigenvalue weighted by atomic mass is 10.2. The second-order valence-electron chi connectivity index (χ2n) is 2.74. The van der Waals surface area contributed by atoms with E-state index in [4.69, 9.17) is 16.7 Å². The van der Waals surface area contributed by atoms with Crippen molar-refractivity contribution in [2.75, 3.05) is 0 Å². The van der Waals surface area contributed by atoms with Crippen LogP contribution in [0.4, 0.5) is 0 Å². The van der Waals surface area contributed by atoms with E-state index in [1.165, 1.54) is 0 Å². The average Bonchev–Trinajstić information content (AvgIpc) is 2.66. The molecule has 5 nitrogen and oxygen atoms in total. The number of carboxylic acids is 1. The molecule has 6 heteroatoms. The highest BCUT2D eigenvalue weighted by Crippen LogP contribution is 2.19. The van der Waals surface area contributed by atoms with E-state index >= 15 is 0 Å². The summed E-state index contributed by atoms with van der Waals surface area (Å²) >= 11 is 5.76. The van der Waals surface area contributed by atoms with Gasteiger partial charge in [-0.3, -0.25) is 0 Å². The molecule has 0 aliphatic heterocycles. The minimum absolute atomic E-state index is 0.204. The molecule has 0 fully saturated rings. The first-order chi connectivity index (χ1) is 7.16. The van der Waals surface area contributed by atoms with E-state index in [1.807, 2.05) is 0 Å². The minimum Gasteiger partial charge on any atom is -0.474 e. The number of aromatic nitrogens is 2. The van der Waals surface area contributed by atoms with E-state index in [1.54, 1.807) is 24.3 Å². The van der Waals surface area contributed by atoms with Gasteiger partial charge in [0.25, 0.3) is 0 Å². The molecule has 0 bridgehead atoms. The first kappa shape index (κ1) is 9.67. The maximum Gasteiger partial charge on any atom is 0.394 e. The fourth-order valence-electron chi connectivity index (χ4n) is 1.06. The lowest BCUT2D eigenvalue weighted by molar-refractivity contribution is 0.0643. The van der Waals surface area contributed by atoms with Gasteiger partial charge in [0.05, 0.1) is 0 Å². The molecular weight excluding hydrogens is 220 g/mol. The second-order valence-corrected chi connectivity index (χ2v) is 3.18. The Hall–Kier alpha value is -1.88. The summed E-state index contributed by atoms with van der Waals surface area (Å²) in [6.45, 7) is 0. The zero-order chi connectivity index (χ0) is 10.8. The Morgan fingerprint density at radius 3 is 2.87 bits per heavy atom. The SMILES string of the molecule is O=C(O)c1nc(-c2cccc(Cl)c2)no1. The summed E-state index contributed by atoms with van der Waals surface area (Å²) in [5, 5.41) is 12.6. The Morgan fingerprint density at radius 1 is 1.47 bits per heavy atom. The van der Waals surface area contributed by atoms with Gasteiger partial charge in [0, 0.05) is 10.6 Å². The quantitative estimate of drug-likeness (QED) is 0.845. The Morgan fingerprint density at radius 2 is 2.27 bits per heavy atom. The number of nitrogens with zero attached hydrogens (tertiary/aromatic N) is 2. The molecule has 0 radical (unpaired) electrons. The Balaban J connectivity index is 2.41. The predicted octanol–water partition coefficient (Wildman–Crippen LogP) is 2.09. The molecule has 2 rings (SSSR count). The summed E-state index contributed by atoms with van der Waals surface area (Å²) < 4.78 is 4.52. The Kier molecular flexibility index (Phi) is 2.39. The molecule has 0 amide bonds. The molecule has 0 saturated heterocycles. The zero-order valence-electron chi connectivity index (χ0n) is 7.35. The maximum atomic E-state index is 10.5. The number of hydrogen-bond donors (Lipinski definition) is 1. The standard InChI is InChI=1S/C9H5ClN2O3/c10-6-3-1-2-5(4-6)7-11-8(9(13)14)15-12-7/h1-4H,(H,13,14). The smallest absolute Gasteiger partial charge is 0.394 e. The number of rotatable bonds is 2. The van der Waals surface area contributed by atoms with E-state index in [2.05, 4.69) is 14.7 Å². The highest BCUT2D eigenvalue weighted by atomic mass is 35.5. The van der Waals surface area contributed by atoms with Crippen LogP contribution in [0.5, 0.6) is 0 Å². The normalized spacial score (nSPS) is 10.2. The molecule has 1 N–H and O–H groups in total. The minimum atomic E-state index is -1.25. The van der Waals surface area contributed by atoms with Crippen LogP contribution in [0.25, 0.3) is 11.4 Å². The molecule has 15 heavy (non-hydrogen) atoms. The number of benzene rings is 1. The fourth-order valence-corrected chi connectivity index (χ4v) is 1.25. The zero-order valence-corrected chi connectivity index (χ0v) is 8.10. The molecule has 1 heterocycles. The topological polar surface area (TPSA) is 76.2 Å². The third kappa shape index (κ3) is 1.97. The van der Waals surface area contributed by atoms with Crippen molar-refractivity contribution in [2.45, 2.75) is 0 Å².